The lowest BCUT2D eigenvalue weighted by atomic mass is 9.82. The number of hydrogen-bond acceptors (Lipinski definition) is 3. The maximum atomic E-state index is 12.0. The first-order chi connectivity index (χ1) is 8.70. The van der Waals surface area contributed by atoms with Crippen LogP contribution in [-0.4, -0.2) is 30.8 Å². The van der Waals surface area contributed by atoms with Crippen molar-refractivity contribution < 1.29 is 14.6 Å². The summed E-state index contributed by atoms with van der Waals surface area (Å²) in [5.74, 6) is 0.280. The summed E-state index contributed by atoms with van der Waals surface area (Å²) in [6.07, 6.45) is 0.822. The average Bonchev–Trinajstić information content (AvgIpc) is 2.35. The Hall–Kier alpha value is -1.39. The summed E-state index contributed by atoms with van der Waals surface area (Å²) in [4.78, 5) is 12.0. The van der Waals surface area contributed by atoms with E-state index in [1.807, 2.05) is 30.3 Å². The van der Waals surface area contributed by atoms with Gasteiger partial charge in [0.05, 0.1) is 6.10 Å². The number of carbonyl (C=O) groups excluding carboxylic acids is 1. The van der Waals surface area contributed by atoms with E-state index in [2.05, 4.69) is 5.32 Å². The normalized spacial score (nSPS) is 24.1. The lowest BCUT2D eigenvalue weighted by molar-refractivity contribution is -0.132. The van der Waals surface area contributed by atoms with Gasteiger partial charge >= 0.3 is 0 Å². The summed E-state index contributed by atoms with van der Waals surface area (Å²) in [6, 6.07) is 9.43. The van der Waals surface area contributed by atoms with Crippen molar-refractivity contribution in [3.8, 4) is 0 Å². The van der Waals surface area contributed by atoms with Crippen LogP contribution in [0.3, 0.4) is 0 Å². The molecule has 0 spiro atoms. The Kier molecular flexibility index (Phi) is 4.33. The van der Waals surface area contributed by atoms with E-state index in [9.17, 15) is 9.90 Å². The van der Waals surface area contributed by atoms with Gasteiger partial charge in [-0.05, 0) is 24.3 Å². The molecule has 1 unspecified atom stereocenters. The van der Waals surface area contributed by atoms with E-state index in [4.69, 9.17) is 4.74 Å². The van der Waals surface area contributed by atoms with E-state index >= 15 is 0 Å². The van der Waals surface area contributed by atoms with Gasteiger partial charge in [-0.15, -0.1) is 0 Å². The maximum Gasteiger partial charge on any atom is 0.253 e. The number of amides is 1. The van der Waals surface area contributed by atoms with Gasteiger partial charge in [-0.3, -0.25) is 4.79 Å². The Morgan fingerprint density at radius 1 is 1.44 bits per heavy atom. The molecule has 1 aromatic rings. The number of aliphatic hydroxyl groups is 1. The number of aliphatic hydroxyl groups excluding tert-OH is 1. The molecule has 1 amide bonds. The van der Waals surface area contributed by atoms with Crippen molar-refractivity contribution in [2.24, 2.45) is 5.92 Å². The summed E-state index contributed by atoms with van der Waals surface area (Å²) in [6.45, 7) is 0.614. The predicted octanol–water partition coefficient (Wildman–Crippen LogP) is 1.26. The molecular weight excluding hydrogens is 230 g/mol. The molecular formula is C14H19NO3. The first kappa shape index (κ1) is 13.1. The highest BCUT2D eigenvalue weighted by Gasteiger charge is 2.28. The zero-order valence-electron chi connectivity index (χ0n) is 10.5. The molecule has 0 bridgehead atoms. The average molecular weight is 249 g/mol. The summed E-state index contributed by atoms with van der Waals surface area (Å²) in [5, 5.41) is 12.1. The second kappa shape index (κ2) is 5.98. The molecule has 1 fully saturated rings. The number of nitrogens with one attached hydrogen (secondary N) is 1. The lowest BCUT2D eigenvalue weighted by Gasteiger charge is -2.31. The van der Waals surface area contributed by atoms with Crippen molar-refractivity contribution in [1.82, 2.24) is 5.32 Å². The molecule has 0 aliphatic heterocycles. The highest BCUT2D eigenvalue weighted by Crippen LogP contribution is 2.26. The van der Waals surface area contributed by atoms with Crippen LogP contribution < -0.4 is 5.32 Å². The second-order valence-electron chi connectivity index (χ2n) is 4.76. The molecule has 1 saturated carbocycles. The quantitative estimate of drug-likeness (QED) is 0.826. The van der Waals surface area contributed by atoms with Gasteiger partial charge in [-0.1, -0.05) is 30.3 Å². The molecule has 98 valence electrons. The summed E-state index contributed by atoms with van der Waals surface area (Å²) < 4.78 is 5.24. The number of rotatable bonds is 5. The van der Waals surface area contributed by atoms with Crippen LogP contribution >= 0.6 is 0 Å². The van der Waals surface area contributed by atoms with E-state index in [0.717, 1.165) is 18.4 Å². The number of benzene rings is 1. The minimum Gasteiger partial charge on any atom is -0.393 e. The first-order valence-corrected chi connectivity index (χ1v) is 6.24. The van der Waals surface area contributed by atoms with Crippen LogP contribution in [0.2, 0.25) is 0 Å². The van der Waals surface area contributed by atoms with Gasteiger partial charge in [0.2, 0.25) is 0 Å². The Bertz CT molecular complexity index is 387. The zero-order valence-corrected chi connectivity index (χ0v) is 10.5. The summed E-state index contributed by atoms with van der Waals surface area (Å²) >= 11 is 0. The Labute approximate surface area is 107 Å². The third kappa shape index (κ3) is 3.09. The second-order valence-corrected chi connectivity index (χ2v) is 4.76. The standard InChI is InChI=1S/C14H19NO3/c1-18-13(11-5-3-2-4-6-11)14(17)15-9-10-7-12(16)8-10/h2-6,10,12-13,16H,7-9H2,1H3,(H,15,17). The molecule has 18 heavy (non-hydrogen) atoms. The minimum absolute atomic E-state index is 0.120. The molecule has 2 N–H and O–H groups in total. The van der Waals surface area contributed by atoms with Crippen molar-refractivity contribution in [1.29, 1.82) is 0 Å². The fourth-order valence-corrected chi connectivity index (χ4v) is 2.23. The Morgan fingerprint density at radius 2 is 2.11 bits per heavy atom. The van der Waals surface area contributed by atoms with Crippen molar-refractivity contribution in [2.75, 3.05) is 13.7 Å². The van der Waals surface area contributed by atoms with E-state index in [-0.39, 0.29) is 12.0 Å². The molecule has 0 radical (unpaired) electrons. The molecule has 1 aliphatic carbocycles. The van der Waals surface area contributed by atoms with E-state index < -0.39 is 6.10 Å². The zero-order chi connectivity index (χ0) is 13.0. The Balaban J connectivity index is 1.86. The lowest BCUT2D eigenvalue weighted by Crippen LogP contribution is -2.40. The predicted molar refractivity (Wildman–Crippen MR) is 67.9 cm³/mol. The van der Waals surface area contributed by atoms with Crippen LogP contribution in [0.4, 0.5) is 0 Å². The van der Waals surface area contributed by atoms with Gasteiger partial charge in [0, 0.05) is 13.7 Å². The first-order valence-electron chi connectivity index (χ1n) is 6.24. The molecule has 1 atom stereocenters. The van der Waals surface area contributed by atoms with Crippen LogP contribution in [0.25, 0.3) is 0 Å². The molecule has 2 rings (SSSR count). The third-order valence-corrected chi connectivity index (χ3v) is 3.35. The topological polar surface area (TPSA) is 58.6 Å². The van der Waals surface area contributed by atoms with Crippen LogP contribution in [-0.2, 0) is 9.53 Å². The largest absolute Gasteiger partial charge is 0.393 e. The molecule has 0 heterocycles. The fraction of sp³-hybridized carbons (Fsp3) is 0.500. The third-order valence-electron chi connectivity index (χ3n) is 3.35. The molecule has 1 aliphatic rings. The molecule has 0 aromatic heterocycles. The monoisotopic (exact) mass is 249 g/mol. The van der Waals surface area contributed by atoms with Crippen molar-refractivity contribution in [2.45, 2.75) is 25.0 Å². The highest BCUT2D eigenvalue weighted by molar-refractivity contribution is 5.82. The highest BCUT2D eigenvalue weighted by atomic mass is 16.5. The number of ether oxygens (including phenoxy) is 1. The van der Waals surface area contributed by atoms with Gasteiger partial charge in [-0.25, -0.2) is 0 Å². The van der Waals surface area contributed by atoms with Crippen molar-refractivity contribution in [3.63, 3.8) is 0 Å². The number of methoxy groups -OCH3 is 1. The molecule has 1 aromatic carbocycles. The van der Waals surface area contributed by atoms with Crippen LogP contribution in [0.1, 0.15) is 24.5 Å². The van der Waals surface area contributed by atoms with Crippen molar-refractivity contribution >= 4 is 5.91 Å². The fourth-order valence-electron chi connectivity index (χ4n) is 2.23. The molecule has 4 nitrogen and oxygen atoms in total. The maximum absolute atomic E-state index is 12.0. The molecule has 4 heteroatoms. The molecule has 0 saturated heterocycles. The summed E-state index contributed by atoms with van der Waals surface area (Å²) in [7, 11) is 1.53. The number of carbonyl (C=O) groups is 1. The van der Waals surface area contributed by atoms with E-state index in [1.54, 1.807) is 0 Å². The van der Waals surface area contributed by atoms with Crippen LogP contribution in [0.15, 0.2) is 30.3 Å². The Morgan fingerprint density at radius 3 is 2.67 bits per heavy atom. The number of hydrogen-bond donors (Lipinski definition) is 2. The van der Waals surface area contributed by atoms with Gasteiger partial charge in [-0.2, -0.15) is 0 Å². The van der Waals surface area contributed by atoms with E-state index in [1.165, 1.54) is 7.11 Å². The SMILES string of the molecule is COC(C(=O)NCC1CC(O)C1)c1ccccc1. The van der Waals surface area contributed by atoms with E-state index in [0.29, 0.717) is 12.5 Å². The van der Waals surface area contributed by atoms with Crippen LogP contribution in [0, 0.1) is 5.92 Å². The van der Waals surface area contributed by atoms with Crippen LogP contribution in [0.5, 0.6) is 0 Å². The van der Waals surface area contributed by atoms with Gasteiger partial charge in [0.1, 0.15) is 0 Å². The minimum atomic E-state index is -0.559. The smallest absolute Gasteiger partial charge is 0.253 e. The van der Waals surface area contributed by atoms with Gasteiger partial charge in [0.15, 0.2) is 6.10 Å². The van der Waals surface area contributed by atoms with Gasteiger partial charge in [0.25, 0.3) is 5.91 Å². The van der Waals surface area contributed by atoms with Gasteiger partial charge < -0.3 is 15.2 Å². The summed E-state index contributed by atoms with van der Waals surface area (Å²) in [5.41, 5.74) is 0.853. The van der Waals surface area contributed by atoms with Crippen molar-refractivity contribution in [3.05, 3.63) is 35.9 Å².